The monoisotopic (exact) mass is 295 g/mol. The van der Waals surface area contributed by atoms with Gasteiger partial charge < -0.3 is 9.47 Å². The maximum Gasteiger partial charge on any atom is 0.349 e. The van der Waals surface area contributed by atoms with Crippen LogP contribution < -0.4 is 9.47 Å². The highest BCUT2D eigenvalue weighted by molar-refractivity contribution is 6.28. The fourth-order valence-electron chi connectivity index (χ4n) is 1.48. The normalized spacial score (nSPS) is 10.1. The Morgan fingerprint density at radius 2 is 2.25 bits per heavy atom. The standard InChI is InChI=1S/C12H10ClN3O4/c1-19-9-4-2-3-8(5-9)7-20-11-10(16(17)18)6-14-12(13)15-11/h2-6H,7H2,1H3. The second-order valence-electron chi connectivity index (χ2n) is 3.73. The van der Waals surface area contributed by atoms with E-state index in [1.54, 1.807) is 31.4 Å². The first-order chi connectivity index (χ1) is 9.60. The van der Waals surface area contributed by atoms with Gasteiger partial charge in [0.15, 0.2) is 0 Å². The van der Waals surface area contributed by atoms with Crippen molar-refractivity contribution in [3.8, 4) is 11.6 Å². The van der Waals surface area contributed by atoms with E-state index >= 15 is 0 Å². The summed E-state index contributed by atoms with van der Waals surface area (Å²) in [4.78, 5) is 17.5. The number of ether oxygens (including phenoxy) is 2. The molecule has 0 spiro atoms. The summed E-state index contributed by atoms with van der Waals surface area (Å²) >= 11 is 5.61. The average molecular weight is 296 g/mol. The minimum Gasteiger partial charge on any atom is -0.497 e. The molecule has 2 rings (SSSR count). The van der Waals surface area contributed by atoms with Crippen LogP contribution in [0.5, 0.6) is 11.6 Å². The van der Waals surface area contributed by atoms with Crippen LogP contribution in [0.3, 0.4) is 0 Å². The molecule has 0 aliphatic rings. The number of aromatic nitrogens is 2. The lowest BCUT2D eigenvalue weighted by Crippen LogP contribution is -2.02. The first-order valence-corrected chi connectivity index (χ1v) is 5.90. The lowest BCUT2D eigenvalue weighted by molar-refractivity contribution is -0.386. The van der Waals surface area contributed by atoms with Gasteiger partial charge in [0.05, 0.1) is 12.0 Å². The van der Waals surface area contributed by atoms with Crippen molar-refractivity contribution in [2.45, 2.75) is 6.61 Å². The van der Waals surface area contributed by atoms with Crippen LogP contribution in [0, 0.1) is 10.1 Å². The maximum absolute atomic E-state index is 10.8. The fraction of sp³-hybridized carbons (Fsp3) is 0.167. The molecule has 104 valence electrons. The van der Waals surface area contributed by atoms with Gasteiger partial charge in [-0.05, 0) is 29.3 Å². The molecule has 0 unspecified atom stereocenters. The van der Waals surface area contributed by atoms with Gasteiger partial charge in [-0.25, -0.2) is 4.98 Å². The highest BCUT2D eigenvalue weighted by atomic mass is 35.5. The van der Waals surface area contributed by atoms with Crippen LogP contribution in [-0.4, -0.2) is 22.0 Å². The molecule has 0 atom stereocenters. The van der Waals surface area contributed by atoms with Gasteiger partial charge in [0.25, 0.3) is 5.88 Å². The van der Waals surface area contributed by atoms with Crippen LogP contribution in [0.2, 0.25) is 5.28 Å². The Hall–Kier alpha value is -2.41. The summed E-state index contributed by atoms with van der Waals surface area (Å²) in [6.45, 7) is 0.103. The zero-order valence-corrected chi connectivity index (χ0v) is 11.2. The molecule has 20 heavy (non-hydrogen) atoms. The quantitative estimate of drug-likeness (QED) is 0.479. The summed E-state index contributed by atoms with van der Waals surface area (Å²) in [5.74, 6) is 0.499. The topological polar surface area (TPSA) is 87.4 Å². The maximum atomic E-state index is 10.8. The molecule has 8 heteroatoms. The van der Waals surface area contributed by atoms with Crippen LogP contribution in [0.15, 0.2) is 30.5 Å². The first-order valence-electron chi connectivity index (χ1n) is 5.53. The molecule has 0 fully saturated rings. The van der Waals surface area contributed by atoms with Crippen molar-refractivity contribution in [3.05, 3.63) is 51.4 Å². The van der Waals surface area contributed by atoms with Crippen molar-refractivity contribution in [1.29, 1.82) is 0 Å². The van der Waals surface area contributed by atoms with E-state index in [1.165, 1.54) is 0 Å². The van der Waals surface area contributed by atoms with Gasteiger partial charge in [0.2, 0.25) is 5.28 Å². The molecule has 0 amide bonds. The lowest BCUT2D eigenvalue weighted by atomic mass is 10.2. The van der Waals surface area contributed by atoms with Gasteiger partial charge >= 0.3 is 5.69 Å². The van der Waals surface area contributed by atoms with Gasteiger partial charge in [0.1, 0.15) is 18.6 Å². The molecule has 1 aromatic heterocycles. The van der Waals surface area contributed by atoms with Crippen LogP contribution in [0.25, 0.3) is 0 Å². The highest BCUT2D eigenvalue weighted by Crippen LogP contribution is 2.25. The van der Waals surface area contributed by atoms with Crippen molar-refractivity contribution in [2.24, 2.45) is 0 Å². The SMILES string of the molecule is COc1cccc(COc2nc(Cl)ncc2[N+](=O)[O-])c1. The molecule has 7 nitrogen and oxygen atoms in total. The van der Waals surface area contributed by atoms with Crippen molar-refractivity contribution in [3.63, 3.8) is 0 Å². The van der Waals surface area contributed by atoms with Crippen LogP contribution in [0.1, 0.15) is 5.56 Å². The molecule has 0 saturated heterocycles. The zero-order valence-electron chi connectivity index (χ0n) is 10.4. The molecule has 1 heterocycles. The third kappa shape index (κ3) is 3.33. The van der Waals surface area contributed by atoms with Crippen molar-refractivity contribution < 1.29 is 14.4 Å². The van der Waals surface area contributed by atoms with Crippen molar-refractivity contribution in [2.75, 3.05) is 7.11 Å². The summed E-state index contributed by atoms with van der Waals surface area (Å²) in [6.07, 6.45) is 1.01. The second-order valence-corrected chi connectivity index (χ2v) is 4.06. The summed E-state index contributed by atoms with van der Waals surface area (Å²) < 4.78 is 10.4. The Morgan fingerprint density at radius 3 is 2.95 bits per heavy atom. The average Bonchev–Trinajstić information content (AvgIpc) is 2.45. The predicted molar refractivity (Wildman–Crippen MR) is 71.0 cm³/mol. The number of methoxy groups -OCH3 is 1. The lowest BCUT2D eigenvalue weighted by Gasteiger charge is -2.07. The molecule has 0 bridgehead atoms. The Morgan fingerprint density at radius 1 is 1.45 bits per heavy atom. The van der Waals surface area contributed by atoms with Gasteiger partial charge in [-0.15, -0.1) is 0 Å². The Kier molecular flexibility index (Phi) is 4.31. The first kappa shape index (κ1) is 14.0. The van der Waals surface area contributed by atoms with Crippen molar-refractivity contribution in [1.82, 2.24) is 9.97 Å². The number of hydrogen-bond acceptors (Lipinski definition) is 6. The molecule has 0 aliphatic heterocycles. The van der Waals surface area contributed by atoms with Gasteiger partial charge in [-0.1, -0.05) is 12.1 Å². The van der Waals surface area contributed by atoms with E-state index in [-0.39, 0.29) is 23.5 Å². The number of benzene rings is 1. The van der Waals surface area contributed by atoms with E-state index in [0.717, 1.165) is 11.8 Å². The number of nitro groups is 1. The van der Waals surface area contributed by atoms with E-state index in [4.69, 9.17) is 21.1 Å². The Balaban J connectivity index is 2.17. The van der Waals surface area contributed by atoms with E-state index < -0.39 is 4.92 Å². The van der Waals surface area contributed by atoms with E-state index in [9.17, 15) is 10.1 Å². The zero-order chi connectivity index (χ0) is 14.5. The number of halogens is 1. The molecule has 0 saturated carbocycles. The minimum atomic E-state index is -0.628. The summed E-state index contributed by atoms with van der Waals surface area (Å²) in [5.41, 5.74) is 0.450. The fourth-order valence-corrected chi connectivity index (χ4v) is 1.61. The molecule has 0 N–H and O–H groups in total. The third-order valence-electron chi connectivity index (χ3n) is 2.41. The Labute approximate surface area is 119 Å². The predicted octanol–water partition coefficient (Wildman–Crippen LogP) is 2.63. The smallest absolute Gasteiger partial charge is 0.349 e. The largest absolute Gasteiger partial charge is 0.497 e. The molecule has 0 radical (unpaired) electrons. The number of rotatable bonds is 5. The molecular weight excluding hydrogens is 286 g/mol. The molecule has 1 aromatic carbocycles. The Bertz CT molecular complexity index is 636. The summed E-state index contributed by atoms with van der Waals surface area (Å²) in [7, 11) is 1.55. The summed E-state index contributed by atoms with van der Waals surface area (Å²) in [5, 5.41) is 10.7. The van der Waals surface area contributed by atoms with Crippen LogP contribution in [0.4, 0.5) is 5.69 Å². The van der Waals surface area contributed by atoms with Crippen LogP contribution >= 0.6 is 11.6 Å². The molecule has 0 aliphatic carbocycles. The molecule has 2 aromatic rings. The van der Waals surface area contributed by atoms with Crippen molar-refractivity contribution >= 4 is 17.3 Å². The highest BCUT2D eigenvalue weighted by Gasteiger charge is 2.18. The number of nitrogens with zero attached hydrogens (tertiary/aromatic N) is 3. The van der Waals surface area contributed by atoms with E-state index in [2.05, 4.69) is 9.97 Å². The van der Waals surface area contributed by atoms with Crippen LogP contribution in [-0.2, 0) is 6.61 Å². The number of hydrogen-bond donors (Lipinski definition) is 0. The van der Waals surface area contributed by atoms with Gasteiger partial charge in [-0.3, -0.25) is 10.1 Å². The van der Waals surface area contributed by atoms with Gasteiger partial charge in [0, 0.05) is 0 Å². The second kappa shape index (κ2) is 6.16. The third-order valence-corrected chi connectivity index (χ3v) is 2.59. The van der Waals surface area contributed by atoms with Gasteiger partial charge in [-0.2, -0.15) is 4.98 Å². The van der Waals surface area contributed by atoms with E-state index in [1.807, 2.05) is 0 Å². The summed E-state index contributed by atoms with van der Waals surface area (Å²) in [6, 6.07) is 7.14. The molecular formula is C12H10ClN3O4. The minimum absolute atomic E-state index is 0.103. The van der Waals surface area contributed by atoms with E-state index in [0.29, 0.717) is 5.75 Å².